The number of hydrogen-bond donors (Lipinski definition) is 5. The van der Waals surface area contributed by atoms with Crippen molar-refractivity contribution >= 4 is 11.0 Å². The molecule has 5 rings (SSSR count). The molecule has 0 saturated carbocycles. The molecule has 0 spiro atoms. The molecule has 4 aromatic rings. The maximum Gasteiger partial charge on any atom is 0.238 e. The fourth-order valence-electron chi connectivity index (χ4n) is 4.72. The Kier molecular flexibility index (Phi) is 6.95. The van der Waals surface area contributed by atoms with Crippen LogP contribution in [0.3, 0.4) is 0 Å². The summed E-state index contributed by atoms with van der Waals surface area (Å²) in [5, 5.41) is 51.4. The first-order chi connectivity index (χ1) is 19.1. The van der Waals surface area contributed by atoms with Crippen LogP contribution in [0.25, 0.3) is 22.3 Å². The van der Waals surface area contributed by atoms with E-state index < -0.39 is 29.1 Å². The van der Waals surface area contributed by atoms with Crippen LogP contribution >= 0.6 is 0 Å². The third kappa shape index (κ3) is 4.62. The molecule has 0 saturated heterocycles. The molecule has 2 atom stereocenters. The Bertz CT molecular complexity index is 1690. The monoisotopic (exact) mass is 548 g/mol. The molecule has 5 N–H and O–H groups in total. The topological polar surface area (TPSA) is 159 Å². The van der Waals surface area contributed by atoms with Gasteiger partial charge in [0.15, 0.2) is 41.0 Å². The second-order valence-electron chi connectivity index (χ2n) is 9.63. The van der Waals surface area contributed by atoms with Crippen LogP contribution in [-0.4, -0.2) is 45.4 Å². The van der Waals surface area contributed by atoms with Crippen LogP contribution in [0.5, 0.6) is 40.2 Å². The maximum atomic E-state index is 13.2. The molecule has 0 aliphatic carbocycles. The summed E-state index contributed by atoms with van der Waals surface area (Å²) in [4.78, 5) is 13.2. The number of benzene rings is 3. The van der Waals surface area contributed by atoms with Gasteiger partial charge in [0, 0.05) is 22.8 Å². The first-order valence-electron chi connectivity index (χ1n) is 12.5. The molecular weight excluding hydrogens is 520 g/mol. The lowest BCUT2D eigenvalue weighted by Gasteiger charge is -2.33. The zero-order chi connectivity index (χ0) is 28.7. The largest absolute Gasteiger partial charge is 0.507 e. The fourth-order valence-corrected chi connectivity index (χ4v) is 4.72. The standard InChI is InChI=1S/C30H28O10/c1-14(2)4-7-17-19(33)12-20(34)25-26(35)27(36)29(40-30(17)25)16-6-9-21-23(11-16)39-28(24(13-31)38-21)15-5-8-18(32)22(10-15)37-3/h5-6,8-12,24,28,31-34,36H,1,4,7,13H2,2-3H3/t24-,28-/m1/s1. The van der Waals surface area contributed by atoms with Crippen molar-refractivity contribution in [2.75, 3.05) is 13.7 Å². The van der Waals surface area contributed by atoms with E-state index in [0.717, 1.165) is 11.6 Å². The van der Waals surface area contributed by atoms with Gasteiger partial charge in [-0.3, -0.25) is 4.79 Å². The lowest BCUT2D eigenvalue weighted by molar-refractivity contribution is -0.0123. The SMILES string of the molecule is C=C(C)CCc1c(O)cc(O)c2c(=O)c(O)c(-c3ccc4c(c3)O[C@H](c3ccc(O)c(OC)c3)[C@@H](CO)O4)oc12. The highest BCUT2D eigenvalue weighted by molar-refractivity contribution is 5.91. The third-order valence-electron chi connectivity index (χ3n) is 6.79. The molecule has 1 aromatic heterocycles. The summed E-state index contributed by atoms with van der Waals surface area (Å²) in [6.07, 6.45) is -0.789. The number of allylic oxidation sites excluding steroid dienone is 1. The zero-order valence-electron chi connectivity index (χ0n) is 21.8. The average Bonchev–Trinajstić information content (AvgIpc) is 2.93. The predicted molar refractivity (Wildman–Crippen MR) is 146 cm³/mol. The van der Waals surface area contributed by atoms with Gasteiger partial charge in [0.05, 0.1) is 13.7 Å². The van der Waals surface area contributed by atoms with E-state index in [2.05, 4.69) is 6.58 Å². The van der Waals surface area contributed by atoms with Crippen molar-refractivity contribution in [2.24, 2.45) is 0 Å². The maximum absolute atomic E-state index is 13.2. The van der Waals surface area contributed by atoms with E-state index in [0.29, 0.717) is 23.3 Å². The van der Waals surface area contributed by atoms with Crippen molar-refractivity contribution in [1.82, 2.24) is 0 Å². The van der Waals surface area contributed by atoms with Gasteiger partial charge in [0.1, 0.15) is 22.5 Å². The van der Waals surface area contributed by atoms with Crippen molar-refractivity contribution in [3.05, 3.63) is 76.0 Å². The van der Waals surface area contributed by atoms with Gasteiger partial charge < -0.3 is 44.2 Å². The van der Waals surface area contributed by atoms with Crippen LogP contribution in [-0.2, 0) is 6.42 Å². The Hall–Kier alpha value is -4.83. The van der Waals surface area contributed by atoms with E-state index in [1.54, 1.807) is 24.3 Å². The van der Waals surface area contributed by atoms with Gasteiger partial charge in [0.25, 0.3) is 0 Å². The van der Waals surface area contributed by atoms with Crippen molar-refractivity contribution in [3.63, 3.8) is 0 Å². The molecule has 2 heterocycles. The highest BCUT2D eigenvalue weighted by Gasteiger charge is 2.34. The summed E-state index contributed by atoms with van der Waals surface area (Å²) in [5.74, 6) is -1.00. The van der Waals surface area contributed by atoms with Gasteiger partial charge >= 0.3 is 0 Å². The molecule has 0 unspecified atom stereocenters. The van der Waals surface area contributed by atoms with Crippen LogP contribution in [0.2, 0.25) is 0 Å². The average molecular weight is 549 g/mol. The Labute approximate surface area is 228 Å². The fraction of sp³-hybridized carbons (Fsp3) is 0.233. The van der Waals surface area contributed by atoms with E-state index in [1.807, 2.05) is 6.92 Å². The minimum absolute atomic E-state index is 0.0548. The van der Waals surface area contributed by atoms with E-state index in [1.165, 1.54) is 19.2 Å². The van der Waals surface area contributed by atoms with Crippen LogP contribution in [0, 0.1) is 0 Å². The number of aliphatic hydroxyl groups is 1. The molecule has 10 nitrogen and oxygen atoms in total. The molecule has 1 aliphatic rings. The van der Waals surface area contributed by atoms with E-state index in [4.69, 9.17) is 18.6 Å². The number of ether oxygens (including phenoxy) is 3. The number of hydrogen-bond acceptors (Lipinski definition) is 10. The van der Waals surface area contributed by atoms with Crippen molar-refractivity contribution in [1.29, 1.82) is 0 Å². The predicted octanol–water partition coefficient (Wildman–Crippen LogP) is 4.67. The Morgan fingerprint density at radius 3 is 2.45 bits per heavy atom. The van der Waals surface area contributed by atoms with Crippen molar-refractivity contribution in [3.8, 4) is 51.6 Å². The summed E-state index contributed by atoms with van der Waals surface area (Å²) < 4.78 is 23.3. The van der Waals surface area contributed by atoms with Crippen LogP contribution < -0.4 is 19.6 Å². The molecule has 10 heteroatoms. The second kappa shape index (κ2) is 10.4. The van der Waals surface area contributed by atoms with Gasteiger partial charge in [-0.05, 0) is 50.1 Å². The molecule has 40 heavy (non-hydrogen) atoms. The minimum atomic E-state index is -0.866. The lowest BCUT2D eigenvalue weighted by atomic mass is 10.0. The highest BCUT2D eigenvalue weighted by Crippen LogP contribution is 2.45. The van der Waals surface area contributed by atoms with Gasteiger partial charge in [-0.1, -0.05) is 11.6 Å². The molecule has 0 amide bonds. The molecule has 0 fully saturated rings. The first-order valence-corrected chi connectivity index (χ1v) is 12.5. The van der Waals surface area contributed by atoms with Gasteiger partial charge in [-0.2, -0.15) is 0 Å². The number of rotatable bonds is 7. The number of phenolic OH excluding ortho intramolecular Hbond substituents is 3. The third-order valence-corrected chi connectivity index (χ3v) is 6.79. The summed E-state index contributed by atoms with van der Waals surface area (Å²) in [6, 6.07) is 10.3. The molecule has 1 aliphatic heterocycles. The summed E-state index contributed by atoms with van der Waals surface area (Å²) in [5.41, 5.74) is 1.04. The minimum Gasteiger partial charge on any atom is -0.507 e. The van der Waals surface area contributed by atoms with E-state index >= 15 is 0 Å². The Morgan fingerprint density at radius 1 is 0.975 bits per heavy atom. The molecule has 0 radical (unpaired) electrons. The Balaban J connectivity index is 1.62. The number of aryl methyl sites for hydroxylation is 1. The number of methoxy groups -OCH3 is 1. The molecule has 0 bridgehead atoms. The smallest absolute Gasteiger partial charge is 0.238 e. The van der Waals surface area contributed by atoms with Gasteiger partial charge in [0.2, 0.25) is 11.2 Å². The van der Waals surface area contributed by atoms with Crippen molar-refractivity contribution < 1.29 is 44.2 Å². The second-order valence-corrected chi connectivity index (χ2v) is 9.63. The quantitative estimate of drug-likeness (QED) is 0.205. The highest BCUT2D eigenvalue weighted by atomic mass is 16.6. The number of phenols is 3. The summed E-state index contributed by atoms with van der Waals surface area (Å²) in [7, 11) is 1.41. The van der Waals surface area contributed by atoms with E-state index in [9.17, 15) is 30.3 Å². The normalized spacial score (nSPS) is 16.2. The van der Waals surface area contributed by atoms with Crippen molar-refractivity contribution in [2.45, 2.75) is 32.0 Å². The molecule has 3 aromatic carbocycles. The van der Waals surface area contributed by atoms with Crippen LogP contribution in [0.15, 0.2) is 63.8 Å². The number of aliphatic hydroxyl groups excluding tert-OH is 1. The Morgan fingerprint density at radius 2 is 1.75 bits per heavy atom. The number of fused-ring (bicyclic) bond motifs is 2. The van der Waals surface area contributed by atoms with Crippen LogP contribution in [0.1, 0.15) is 30.6 Å². The lowest BCUT2D eigenvalue weighted by Crippen LogP contribution is -2.36. The molecular formula is C30H28O10. The van der Waals surface area contributed by atoms with Gasteiger partial charge in [-0.25, -0.2) is 0 Å². The summed E-state index contributed by atoms with van der Waals surface area (Å²) >= 11 is 0. The zero-order valence-corrected chi connectivity index (χ0v) is 21.8. The van der Waals surface area contributed by atoms with Crippen LogP contribution in [0.4, 0.5) is 0 Å². The molecule has 208 valence electrons. The summed E-state index contributed by atoms with van der Waals surface area (Å²) in [6.45, 7) is 5.32. The number of aromatic hydroxyl groups is 4. The van der Waals surface area contributed by atoms with Gasteiger partial charge in [-0.15, -0.1) is 6.58 Å². The first kappa shape index (κ1) is 26.8. The van der Waals surface area contributed by atoms with E-state index in [-0.39, 0.29) is 58.3 Å².